The molecule has 1 nitrogen and oxygen atoms in total. The van der Waals surface area contributed by atoms with E-state index in [9.17, 15) is 0 Å². The van der Waals surface area contributed by atoms with Gasteiger partial charge in [0.05, 0.1) is 23.3 Å². The molecule has 0 unspecified atom stereocenters. The number of hydrogen-bond acceptors (Lipinski definition) is 1. The number of hydrogen-bond donors (Lipinski definition) is 0. The molecule has 0 saturated heterocycles. The summed E-state index contributed by atoms with van der Waals surface area (Å²) in [5, 5.41) is -0.291. The molecule has 0 fully saturated rings. The molecule has 1 aliphatic heterocycles. The summed E-state index contributed by atoms with van der Waals surface area (Å²) in [4.78, 5) is 0. The fraction of sp³-hybridized carbons (Fsp3) is 0.0769. The van der Waals surface area contributed by atoms with Crippen LogP contribution in [0.15, 0.2) is 187 Å². The van der Waals surface area contributed by atoms with Crippen molar-refractivity contribution in [1.82, 2.24) is 0 Å². The van der Waals surface area contributed by atoms with Gasteiger partial charge in [0.2, 0.25) is 0 Å². The SMILES string of the molecule is c1ccc(C2(c3ccccc3)N=[SiH][SiH2]C(c3ccccc3)(c3ccccc3)C2(c2ccccc2)c2ccccc2)cc1. The summed E-state index contributed by atoms with van der Waals surface area (Å²) in [5.41, 5.74) is 6.58. The fourth-order valence-electron chi connectivity index (χ4n) is 7.72. The third kappa shape index (κ3) is 3.81. The molecule has 1 aliphatic rings. The van der Waals surface area contributed by atoms with Crippen LogP contribution in [0.3, 0.4) is 0 Å². The Kier molecular flexibility index (Phi) is 6.98. The Labute approximate surface area is 253 Å². The molecule has 0 saturated carbocycles. The lowest BCUT2D eigenvalue weighted by molar-refractivity contribution is 0.253. The number of rotatable bonds is 6. The van der Waals surface area contributed by atoms with Crippen LogP contribution in [0.2, 0.25) is 0 Å². The normalized spacial score (nSPS) is 17.0. The van der Waals surface area contributed by atoms with Gasteiger partial charge in [-0.1, -0.05) is 182 Å². The molecule has 202 valence electrons. The van der Waals surface area contributed by atoms with Crippen LogP contribution in [0.5, 0.6) is 0 Å². The molecule has 0 aromatic heterocycles. The minimum Gasteiger partial charge on any atom is -0.327 e. The maximum atomic E-state index is 6.00. The van der Waals surface area contributed by atoms with Gasteiger partial charge in [-0.15, -0.1) is 0 Å². The maximum Gasteiger partial charge on any atom is 0.114 e. The van der Waals surface area contributed by atoms with E-state index in [0.29, 0.717) is 0 Å². The van der Waals surface area contributed by atoms with Crippen molar-refractivity contribution in [3.63, 3.8) is 0 Å². The van der Waals surface area contributed by atoms with Crippen molar-refractivity contribution >= 4 is 17.9 Å². The van der Waals surface area contributed by atoms with Crippen molar-refractivity contribution in [1.29, 1.82) is 0 Å². The minimum absolute atomic E-state index is 0.131. The lowest BCUT2D eigenvalue weighted by atomic mass is 9.48. The first-order valence-electron chi connectivity index (χ1n) is 14.7. The lowest BCUT2D eigenvalue weighted by Crippen LogP contribution is -2.68. The van der Waals surface area contributed by atoms with Crippen LogP contribution in [0.4, 0.5) is 0 Å². The maximum absolute atomic E-state index is 6.00. The predicted molar refractivity (Wildman–Crippen MR) is 179 cm³/mol. The average Bonchev–Trinajstić information content (AvgIpc) is 3.10. The van der Waals surface area contributed by atoms with Gasteiger partial charge in [0.1, 0.15) is 5.54 Å². The summed E-state index contributed by atoms with van der Waals surface area (Å²) in [6.45, 7) is 0. The smallest absolute Gasteiger partial charge is 0.114 e. The second-order valence-corrected chi connectivity index (χ2v) is 15.5. The van der Waals surface area contributed by atoms with Gasteiger partial charge in [-0.2, -0.15) is 0 Å². The molecule has 0 bridgehead atoms. The highest BCUT2D eigenvalue weighted by Crippen LogP contribution is 2.65. The van der Waals surface area contributed by atoms with E-state index in [1.54, 1.807) is 0 Å². The minimum atomic E-state index is -0.835. The van der Waals surface area contributed by atoms with Gasteiger partial charge in [-0.25, -0.2) is 0 Å². The zero-order valence-electron chi connectivity index (χ0n) is 23.6. The number of benzene rings is 6. The molecule has 0 atom stereocenters. The zero-order valence-corrected chi connectivity index (χ0v) is 26.1. The zero-order chi connectivity index (χ0) is 28.3. The van der Waals surface area contributed by atoms with Crippen LogP contribution >= 0.6 is 0 Å². The first kappa shape index (κ1) is 26.5. The highest BCUT2D eigenvalue weighted by atomic mass is 29.1. The molecule has 6 aromatic rings. The van der Waals surface area contributed by atoms with Crippen molar-refractivity contribution in [2.24, 2.45) is 4.63 Å². The second kappa shape index (κ2) is 11.1. The fourth-order valence-corrected chi connectivity index (χ4v) is 15.0. The largest absolute Gasteiger partial charge is 0.327 e. The Morgan fingerprint density at radius 1 is 0.357 bits per heavy atom. The Hall–Kier alpha value is -4.45. The molecule has 0 N–H and O–H groups in total. The second-order valence-electron chi connectivity index (χ2n) is 11.1. The molecule has 0 radical (unpaired) electrons. The van der Waals surface area contributed by atoms with E-state index < -0.39 is 20.0 Å². The summed E-state index contributed by atoms with van der Waals surface area (Å²) in [6, 6.07) is 67.5. The molecule has 6 aromatic carbocycles. The topological polar surface area (TPSA) is 12.4 Å². The lowest BCUT2D eigenvalue weighted by Gasteiger charge is -2.62. The summed E-state index contributed by atoms with van der Waals surface area (Å²) in [5.74, 6) is 0. The molecule has 42 heavy (non-hydrogen) atoms. The van der Waals surface area contributed by atoms with E-state index >= 15 is 0 Å². The van der Waals surface area contributed by atoms with Gasteiger partial charge in [0.25, 0.3) is 0 Å². The van der Waals surface area contributed by atoms with E-state index in [1.807, 2.05) is 0 Å². The van der Waals surface area contributed by atoms with Gasteiger partial charge >= 0.3 is 0 Å². The number of nitrogens with zero attached hydrogens (tertiary/aromatic N) is 1. The first-order chi connectivity index (χ1) is 20.8. The van der Waals surface area contributed by atoms with Crippen molar-refractivity contribution < 1.29 is 0 Å². The van der Waals surface area contributed by atoms with E-state index in [2.05, 4.69) is 182 Å². The van der Waals surface area contributed by atoms with Gasteiger partial charge in [-0.3, -0.25) is 0 Å². The van der Waals surface area contributed by atoms with Gasteiger partial charge in [-0.05, 0) is 33.4 Å². The monoisotopic (exact) mass is 571 g/mol. The predicted octanol–water partition coefficient (Wildman–Crippen LogP) is 7.58. The van der Waals surface area contributed by atoms with E-state index in [1.165, 1.54) is 33.4 Å². The Bertz CT molecular complexity index is 1650. The van der Waals surface area contributed by atoms with Gasteiger partial charge < -0.3 is 4.63 Å². The van der Waals surface area contributed by atoms with Crippen LogP contribution in [0.25, 0.3) is 0 Å². The Balaban J connectivity index is 1.80. The highest BCUT2D eigenvalue weighted by Gasteiger charge is 2.68. The summed E-state index contributed by atoms with van der Waals surface area (Å²) < 4.78 is 6.00. The van der Waals surface area contributed by atoms with Gasteiger partial charge in [0.15, 0.2) is 0 Å². The highest BCUT2D eigenvalue weighted by molar-refractivity contribution is 6.97. The molecular formula is C39H33NSi2. The van der Waals surface area contributed by atoms with Crippen LogP contribution in [-0.4, -0.2) is 17.9 Å². The average molecular weight is 572 g/mol. The standard InChI is InChI=1S/C39H33NSi2/c1-7-19-31(20-8-1)37(32-21-9-2-10-22-32)38(33-23-11-3-12-24-33,34-25-13-4-14-26-34)40-42-41-39(37,35-27-15-5-16-28-35)36-29-17-6-18-30-36/h1-30,42H,41H2. The first-order valence-corrected chi connectivity index (χ1v) is 19.2. The van der Waals surface area contributed by atoms with Crippen molar-refractivity contribution in [2.75, 3.05) is 0 Å². The quantitative estimate of drug-likeness (QED) is 0.183. The molecule has 0 spiro atoms. The summed E-state index contributed by atoms with van der Waals surface area (Å²) in [7, 11) is -0.966. The molecule has 3 heteroatoms. The van der Waals surface area contributed by atoms with Crippen LogP contribution in [-0.2, 0) is 16.0 Å². The van der Waals surface area contributed by atoms with E-state index in [4.69, 9.17) is 4.63 Å². The van der Waals surface area contributed by atoms with E-state index in [0.717, 1.165) is 0 Å². The molecule has 1 heterocycles. The third-order valence-corrected chi connectivity index (χ3v) is 14.8. The van der Waals surface area contributed by atoms with Crippen LogP contribution in [0, 0.1) is 0 Å². The van der Waals surface area contributed by atoms with Crippen molar-refractivity contribution in [3.05, 3.63) is 215 Å². The van der Waals surface area contributed by atoms with Crippen molar-refractivity contribution in [2.45, 2.75) is 16.0 Å². The Morgan fingerprint density at radius 3 is 0.976 bits per heavy atom. The third-order valence-electron chi connectivity index (χ3n) is 9.20. The summed E-state index contributed by atoms with van der Waals surface area (Å²) >= 11 is 0. The molecule has 0 amide bonds. The van der Waals surface area contributed by atoms with E-state index in [-0.39, 0.29) is 13.9 Å². The molecule has 7 rings (SSSR count). The van der Waals surface area contributed by atoms with Crippen LogP contribution in [0.1, 0.15) is 33.4 Å². The Morgan fingerprint density at radius 2 is 0.643 bits per heavy atom. The summed E-state index contributed by atoms with van der Waals surface area (Å²) in [6.07, 6.45) is 0. The molecule has 0 aliphatic carbocycles. The molecular weight excluding hydrogens is 539 g/mol. The van der Waals surface area contributed by atoms with Crippen LogP contribution < -0.4 is 0 Å². The van der Waals surface area contributed by atoms with Gasteiger partial charge in [0, 0.05) is 5.04 Å². The van der Waals surface area contributed by atoms with Crippen molar-refractivity contribution in [3.8, 4) is 0 Å².